The number of ether oxygens (including phenoxy) is 2. The fourth-order valence-electron chi connectivity index (χ4n) is 2.61. The molecule has 0 saturated heterocycles. The van der Waals surface area contributed by atoms with E-state index in [0.29, 0.717) is 12.6 Å². The molecule has 1 aromatic carbocycles. The molecule has 0 radical (unpaired) electrons. The molecule has 0 aliphatic heterocycles. The predicted molar refractivity (Wildman–Crippen MR) is 106 cm³/mol. The average molecular weight is 433 g/mol. The minimum absolute atomic E-state index is 0. The monoisotopic (exact) mass is 433 g/mol. The van der Waals surface area contributed by atoms with Gasteiger partial charge in [0.25, 0.3) is 0 Å². The molecule has 5 nitrogen and oxygen atoms in total. The summed E-state index contributed by atoms with van der Waals surface area (Å²) < 4.78 is 10.9. The summed E-state index contributed by atoms with van der Waals surface area (Å²) in [6, 6.07) is 6.35. The topological polar surface area (TPSA) is 54.9 Å². The largest absolute Gasteiger partial charge is 0.493 e. The van der Waals surface area contributed by atoms with Crippen LogP contribution in [-0.2, 0) is 0 Å². The molecule has 6 heteroatoms. The van der Waals surface area contributed by atoms with E-state index in [1.165, 1.54) is 19.3 Å². The van der Waals surface area contributed by atoms with Crippen molar-refractivity contribution >= 4 is 35.6 Å². The summed E-state index contributed by atoms with van der Waals surface area (Å²) in [5.41, 5.74) is 0.935. The number of hydrogen-bond donors (Lipinski definition) is 2. The second kappa shape index (κ2) is 9.85. The molecule has 23 heavy (non-hydrogen) atoms. The smallest absolute Gasteiger partial charge is 0.195 e. The summed E-state index contributed by atoms with van der Waals surface area (Å²) in [4.78, 5) is 4.30. The molecule has 1 aliphatic carbocycles. The summed E-state index contributed by atoms with van der Waals surface area (Å²) in [6.07, 6.45) is 3.76. The van der Waals surface area contributed by atoms with Crippen molar-refractivity contribution in [1.29, 1.82) is 0 Å². The second-order valence-electron chi connectivity index (χ2n) is 5.53. The Morgan fingerprint density at radius 2 is 2.09 bits per heavy atom. The highest BCUT2D eigenvalue weighted by Crippen LogP contribution is 2.35. The molecule has 1 aromatic rings. The summed E-state index contributed by atoms with van der Waals surface area (Å²) in [5.74, 6) is 3.07. The highest BCUT2D eigenvalue weighted by atomic mass is 127. The van der Waals surface area contributed by atoms with Crippen LogP contribution < -0.4 is 20.1 Å². The van der Waals surface area contributed by atoms with Crippen LogP contribution in [0.5, 0.6) is 11.5 Å². The van der Waals surface area contributed by atoms with Crippen molar-refractivity contribution in [3.8, 4) is 11.5 Å². The van der Waals surface area contributed by atoms with Gasteiger partial charge in [0.15, 0.2) is 17.5 Å². The lowest BCUT2D eigenvalue weighted by molar-refractivity contribution is 0.311. The third kappa shape index (κ3) is 5.75. The molecular formula is C17H28IN3O2. The number of hydrogen-bond acceptors (Lipinski definition) is 3. The molecule has 0 spiro atoms. The van der Waals surface area contributed by atoms with Gasteiger partial charge in [-0.1, -0.05) is 13.3 Å². The lowest BCUT2D eigenvalue weighted by Gasteiger charge is -2.14. The Balaban J connectivity index is 0.00000264. The molecule has 1 saturated carbocycles. The first-order chi connectivity index (χ1) is 10.7. The lowest BCUT2D eigenvalue weighted by atomic mass is 10.2. The molecule has 0 bridgehead atoms. The van der Waals surface area contributed by atoms with Gasteiger partial charge in [0, 0.05) is 24.8 Å². The number of guanidine groups is 1. The molecular weight excluding hydrogens is 405 g/mol. The minimum Gasteiger partial charge on any atom is -0.493 e. The fourth-order valence-corrected chi connectivity index (χ4v) is 2.61. The van der Waals surface area contributed by atoms with Gasteiger partial charge in [0.05, 0.1) is 13.7 Å². The van der Waals surface area contributed by atoms with Crippen LogP contribution in [0.2, 0.25) is 0 Å². The van der Waals surface area contributed by atoms with E-state index in [4.69, 9.17) is 9.47 Å². The van der Waals surface area contributed by atoms with Gasteiger partial charge in [0.1, 0.15) is 0 Å². The first-order valence-electron chi connectivity index (χ1n) is 8.02. The van der Waals surface area contributed by atoms with Gasteiger partial charge in [-0.15, -0.1) is 24.0 Å². The molecule has 0 amide bonds. The van der Waals surface area contributed by atoms with Crippen molar-refractivity contribution < 1.29 is 9.47 Å². The number of benzene rings is 1. The van der Waals surface area contributed by atoms with Crippen LogP contribution >= 0.6 is 24.0 Å². The highest BCUT2D eigenvalue weighted by Gasteiger charge is 2.36. The maximum atomic E-state index is 5.60. The van der Waals surface area contributed by atoms with Gasteiger partial charge in [-0.05, 0) is 37.8 Å². The Morgan fingerprint density at radius 1 is 1.30 bits per heavy atom. The van der Waals surface area contributed by atoms with E-state index in [1.54, 1.807) is 14.2 Å². The van der Waals surface area contributed by atoms with Gasteiger partial charge in [-0.3, -0.25) is 4.99 Å². The van der Waals surface area contributed by atoms with E-state index in [1.807, 2.05) is 25.1 Å². The van der Waals surface area contributed by atoms with Crippen molar-refractivity contribution in [2.75, 3.05) is 26.1 Å². The minimum atomic E-state index is 0. The van der Waals surface area contributed by atoms with E-state index >= 15 is 0 Å². The van der Waals surface area contributed by atoms with Gasteiger partial charge in [0.2, 0.25) is 0 Å². The summed E-state index contributed by atoms with van der Waals surface area (Å²) in [5, 5.41) is 6.79. The van der Waals surface area contributed by atoms with Crippen molar-refractivity contribution in [1.82, 2.24) is 5.32 Å². The summed E-state index contributed by atoms with van der Waals surface area (Å²) >= 11 is 0. The van der Waals surface area contributed by atoms with Crippen LogP contribution in [0.25, 0.3) is 0 Å². The van der Waals surface area contributed by atoms with Crippen molar-refractivity contribution in [3.05, 3.63) is 18.2 Å². The molecule has 1 fully saturated rings. The van der Waals surface area contributed by atoms with E-state index < -0.39 is 0 Å². The van der Waals surface area contributed by atoms with Gasteiger partial charge in [-0.25, -0.2) is 0 Å². The normalized spacial score (nSPS) is 19.6. The quantitative estimate of drug-likeness (QED) is 0.389. The number of nitrogens with one attached hydrogen (secondary N) is 2. The summed E-state index contributed by atoms with van der Waals surface area (Å²) in [7, 11) is 3.44. The van der Waals surface area contributed by atoms with Crippen LogP contribution in [0.1, 0.15) is 33.1 Å². The molecule has 0 heterocycles. The number of aliphatic imine (C=N–C) groups is 1. The van der Waals surface area contributed by atoms with Crippen LogP contribution in [0, 0.1) is 5.92 Å². The molecule has 2 N–H and O–H groups in total. The second-order valence-corrected chi connectivity index (χ2v) is 5.53. The SMILES string of the molecule is CCCC1CC1NC(=NC)Nc1ccc(OC)c(OCC)c1.I. The molecule has 130 valence electrons. The third-order valence-corrected chi connectivity index (χ3v) is 3.85. The van der Waals surface area contributed by atoms with E-state index in [-0.39, 0.29) is 24.0 Å². The average Bonchev–Trinajstić information content (AvgIpc) is 3.25. The maximum Gasteiger partial charge on any atom is 0.195 e. The Bertz CT molecular complexity index is 523. The number of halogens is 1. The highest BCUT2D eigenvalue weighted by molar-refractivity contribution is 14.0. The van der Waals surface area contributed by atoms with Crippen LogP contribution in [-0.4, -0.2) is 32.8 Å². The Morgan fingerprint density at radius 3 is 2.70 bits per heavy atom. The number of methoxy groups -OCH3 is 1. The summed E-state index contributed by atoms with van der Waals surface area (Å²) in [6.45, 7) is 4.80. The maximum absolute atomic E-state index is 5.60. The van der Waals surface area contributed by atoms with Gasteiger partial charge in [-0.2, -0.15) is 0 Å². The Kier molecular flexibility index (Phi) is 8.51. The lowest BCUT2D eigenvalue weighted by Crippen LogP contribution is -2.33. The van der Waals surface area contributed by atoms with Crippen molar-refractivity contribution in [2.24, 2.45) is 10.9 Å². The predicted octanol–water partition coefficient (Wildman–Crippen LogP) is 3.89. The standard InChI is InChI=1S/C17H27N3O2.HI/c1-5-7-12-10-14(12)20-17(18-3)19-13-8-9-15(21-4)16(11-13)22-6-2;/h8-9,11-12,14H,5-7,10H2,1-4H3,(H2,18,19,20);1H. The zero-order chi connectivity index (χ0) is 15.9. The molecule has 1 aliphatic rings. The molecule has 2 unspecified atom stereocenters. The first kappa shape index (κ1) is 19.9. The van der Waals surface area contributed by atoms with Crippen LogP contribution in [0.4, 0.5) is 5.69 Å². The number of nitrogens with zero attached hydrogens (tertiary/aromatic N) is 1. The zero-order valence-corrected chi connectivity index (χ0v) is 16.7. The number of anilines is 1. The number of rotatable bonds is 7. The Labute approximate surface area is 156 Å². The molecule has 0 aromatic heterocycles. The Hall–Kier alpha value is -1.18. The van der Waals surface area contributed by atoms with Crippen molar-refractivity contribution in [2.45, 2.75) is 39.2 Å². The molecule has 2 rings (SSSR count). The fraction of sp³-hybridized carbons (Fsp3) is 0.588. The van der Waals surface area contributed by atoms with Gasteiger partial charge < -0.3 is 20.1 Å². The van der Waals surface area contributed by atoms with Crippen LogP contribution in [0.3, 0.4) is 0 Å². The van der Waals surface area contributed by atoms with Crippen molar-refractivity contribution in [3.63, 3.8) is 0 Å². The van der Waals surface area contributed by atoms with Crippen LogP contribution in [0.15, 0.2) is 23.2 Å². The van der Waals surface area contributed by atoms with E-state index in [0.717, 1.165) is 29.1 Å². The zero-order valence-electron chi connectivity index (χ0n) is 14.4. The van der Waals surface area contributed by atoms with E-state index in [9.17, 15) is 0 Å². The first-order valence-corrected chi connectivity index (χ1v) is 8.02. The van der Waals surface area contributed by atoms with Gasteiger partial charge >= 0.3 is 0 Å². The molecule has 2 atom stereocenters. The van der Waals surface area contributed by atoms with E-state index in [2.05, 4.69) is 22.5 Å². The third-order valence-electron chi connectivity index (χ3n) is 3.85.